The molecule has 0 saturated carbocycles. The SMILES string of the molecule is CC(C)(C)n1nc(-c2ccc([N+](=O)[O-])c(F)c2)c(C#N)c1Br. The molecule has 0 aliphatic heterocycles. The van der Waals surface area contributed by atoms with Gasteiger partial charge >= 0.3 is 5.69 Å². The van der Waals surface area contributed by atoms with Crippen LogP contribution in [-0.2, 0) is 5.54 Å². The third-order valence-electron chi connectivity index (χ3n) is 2.99. The molecule has 1 aromatic carbocycles. The maximum Gasteiger partial charge on any atom is 0.304 e. The maximum atomic E-state index is 13.8. The predicted molar refractivity (Wildman–Crippen MR) is 81.7 cm³/mol. The number of nitro groups is 1. The molecule has 0 atom stereocenters. The second-order valence-electron chi connectivity index (χ2n) is 5.63. The number of hydrogen-bond donors (Lipinski definition) is 0. The summed E-state index contributed by atoms with van der Waals surface area (Å²) in [6.45, 7) is 5.73. The van der Waals surface area contributed by atoms with Gasteiger partial charge in [0.2, 0.25) is 5.82 Å². The first-order valence-corrected chi connectivity index (χ1v) is 7.09. The Morgan fingerprint density at radius 2 is 2.09 bits per heavy atom. The molecule has 0 aliphatic rings. The van der Waals surface area contributed by atoms with Gasteiger partial charge in [-0.05, 0) is 48.8 Å². The summed E-state index contributed by atoms with van der Waals surface area (Å²) in [6.07, 6.45) is 0. The van der Waals surface area contributed by atoms with Crippen LogP contribution in [0.25, 0.3) is 11.3 Å². The number of benzene rings is 1. The zero-order valence-electron chi connectivity index (χ0n) is 12.1. The molecule has 114 valence electrons. The van der Waals surface area contributed by atoms with E-state index in [0.29, 0.717) is 10.2 Å². The van der Waals surface area contributed by atoms with Crippen LogP contribution in [0.5, 0.6) is 0 Å². The lowest BCUT2D eigenvalue weighted by atomic mass is 10.1. The summed E-state index contributed by atoms with van der Waals surface area (Å²) in [5.41, 5.74) is -0.164. The van der Waals surface area contributed by atoms with Crippen molar-refractivity contribution in [3.8, 4) is 17.3 Å². The highest BCUT2D eigenvalue weighted by Crippen LogP contribution is 2.33. The van der Waals surface area contributed by atoms with Crippen LogP contribution in [-0.4, -0.2) is 14.7 Å². The summed E-state index contributed by atoms with van der Waals surface area (Å²) in [5.74, 6) is -0.965. The molecule has 0 spiro atoms. The molecule has 0 aliphatic carbocycles. The third-order valence-corrected chi connectivity index (χ3v) is 3.73. The summed E-state index contributed by atoms with van der Waals surface area (Å²) >= 11 is 3.33. The van der Waals surface area contributed by atoms with E-state index in [1.807, 2.05) is 26.8 Å². The van der Waals surface area contributed by atoms with E-state index in [4.69, 9.17) is 0 Å². The Hall–Kier alpha value is -2.27. The fraction of sp³-hybridized carbons (Fsp3) is 0.286. The van der Waals surface area contributed by atoms with Crippen molar-refractivity contribution in [2.45, 2.75) is 26.3 Å². The fourth-order valence-electron chi connectivity index (χ4n) is 1.95. The lowest BCUT2D eigenvalue weighted by Gasteiger charge is -2.20. The summed E-state index contributed by atoms with van der Waals surface area (Å²) in [5, 5.41) is 24.3. The number of nitrogens with zero attached hydrogens (tertiary/aromatic N) is 4. The zero-order valence-corrected chi connectivity index (χ0v) is 13.7. The fourth-order valence-corrected chi connectivity index (χ4v) is 2.83. The van der Waals surface area contributed by atoms with Crippen molar-refractivity contribution >= 4 is 21.6 Å². The molecule has 6 nitrogen and oxygen atoms in total. The molecular formula is C14H12BrFN4O2. The molecule has 0 N–H and O–H groups in total. The lowest BCUT2D eigenvalue weighted by molar-refractivity contribution is -0.387. The Morgan fingerprint density at radius 1 is 1.45 bits per heavy atom. The quantitative estimate of drug-likeness (QED) is 0.594. The van der Waals surface area contributed by atoms with Crippen molar-refractivity contribution in [3.05, 3.63) is 44.3 Å². The van der Waals surface area contributed by atoms with E-state index in [-0.39, 0.29) is 16.8 Å². The minimum Gasteiger partial charge on any atom is -0.258 e. The minimum atomic E-state index is -0.965. The molecule has 0 fully saturated rings. The van der Waals surface area contributed by atoms with Crippen LogP contribution in [0.2, 0.25) is 0 Å². The van der Waals surface area contributed by atoms with Gasteiger partial charge in [0.15, 0.2) is 0 Å². The summed E-state index contributed by atoms with van der Waals surface area (Å²) in [6, 6.07) is 5.48. The minimum absolute atomic E-state index is 0.253. The van der Waals surface area contributed by atoms with Crippen molar-refractivity contribution in [3.63, 3.8) is 0 Å². The number of hydrogen-bond acceptors (Lipinski definition) is 4. The van der Waals surface area contributed by atoms with Crippen LogP contribution < -0.4 is 0 Å². The molecule has 8 heteroatoms. The molecule has 0 amide bonds. The van der Waals surface area contributed by atoms with E-state index in [2.05, 4.69) is 21.0 Å². The number of aromatic nitrogens is 2. The average molecular weight is 367 g/mol. The van der Waals surface area contributed by atoms with Crippen LogP contribution in [0.1, 0.15) is 26.3 Å². The van der Waals surface area contributed by atoms with Gasteiger partial charge in [-0.25, -0.2) is 0 Å². The molecular weight excluding hydrogens is 355 g/mol. The standard InChI is InChI=1S/C14H12BrFN4O2/c1-14(2,3)19-13(15)9(7-17)12(18-19)8-4-5-11(20(21)22)10(16)6-8/h4-6H,1-3H3. The highest BCUT2D eigenvalue weighted by molar-refractivity contribution is 9.10. The number of halogens is 2. The van der Waals surface area contributed by atoms with Gasteiger partial charge in [-0.2, -0.15) is 14.8 Å². The van der Waals surface area contributed by atoms with E-state index in [0.717, 1.165) is 12.1 Å². The molecule has 0 unspecified atom stereocenters. The van der Waals surface area contributed by atoms with E-state index in [1.54, 1.807) is 4.68 Å². The smallest absolute Gasteiger partial charge is 0.258 e. The number of rotatable bonds is 2. The second-order valence-corrected chi connectivity index (χ2v) is 6.38. The van der Waals surface area contributed by atoms with Gasteiger partial charge in [-0.3, -0.25) is 14.8 Å². The Labute approximate surface area is 134 Å². The number of nitriles is 1. The van der Waals surface area contributed by atoms with Crippen LogP contribution in [0, 0.1) is 27.3 Å². The molecule has 22 heavy (non-hydrogen) atoms. The highest BCUT2D eigenvalue weighted by Gasteiger charge is 2.25. The van der Waals surface area contributed by atoms with Gasteiger partial charge in [-0.1, -0.05) is 0 Å². The van der Waals surface area contributed by atoms with Crippen LogP contribution >= 0.6 is 15.9 Å². The monoisotopic (exact) mass is 366 g/mol. The molecule has 2 aromatic rings. The molecule has 0 bridgehead atoms. The Bertz CT molecular complexity index is 802. The zero-order chi connectivity index (χ0) is 16.7. The first-order valence-electron chi connectivity index (χ1n) is 6.30. The van der Waals surface area contributed by atoms with Crippen molar-refractivity contribution in [2.24, 2.45) is 0 Å². The molecule has 0 radical (unpaired) electrons. The highest BCUT2D eigenvalue weighted by atomic mass is 79.9. The van der Waals surface area contributed by atoms with Crippen LogP contribution in [0.3, 0.4) is 0 Å². The second kappa shape index (κ2) is 5.50. The molecule has 1 heterocycles. The normalized spacial score (nSPS) is 11.3. The maximum absolute atomic E-state index is 13.8. The Balaban J connectivity index is 2.66. The van der Waals surface area contributed by atoms with Gasteiger partial charge in [0.05, 0.1) is 10.5 Å². The van der Waals surface area contributed by atoms with Crippen LogP contribution in [0.15, 0.2) is 22.8 Å². The van der Waals surface area contributed by atoms with Crippen molar-refractivity contribution in [1.29, 1.82) is 5.26 Å². The number of nitro benzene ring substituents is 1. The van der Waals surface area contributed by atoms with Gasteiger partial charge in [0, 0.05) is 11.6 Å². The largest absolute Gasteiger partial charge is 0.304 e. The molecule has 1 aromatic heterocycles. The summed E-state index contributed by atoms with van der Waals surface area (Å²) < 4.78 is 15.9. The predicted octanol–water partition coefficient (Wildman–Crippen LogP) is 3.99. The van der Waals surface area contributed by atoms with Crippen LogP contribution in [0.4, 0.5) is 10.1 Å². The third kappa shape index (κ3) is 2.72. The van der Waals surface area contributed by atoms with Gasteiger partial charge in [0.1, 0.15) is 21.9 Å². The van der Waals surface area contributed by atoms with E-state index < -0.39 is 16.4 Å². The Kier molecular flexibility index (Phi) is 4.02. The molecule has 2 rings (SSSR count). The van der Waals surface area contributed by atoms with Gasteiger partial charge in [-0.15, -0.1) is 0 Å². The first-order chi connectivity index (χ1) is 10.2. The lowest BCUT2D eigenvalue weighted by Crippen LogP contribution is -2.23. The average Bonchev–Trinajstić information content (AvgIpc) is 2.74. The van der Waals surface area contributed by atoms with E-state index in [1.165, 1.54) is 6.07 Å². The van der Waals surface area contributed by atoms with E-state index >= 15 is 0 Å². The topological polar surface area (TPSA) is 84.8 Å². The van der Waals surface area contributed by atoms with Crippen molar-refractivity contribution < 1.29 is 9.31 Å². The van der Waals surface area contributed by atoms with E-state index in [9.17, 15) is 19.8 Å². The van der Waals surface area contributed by atoms with Gasteiger partial charge in [0.25, 0.3) is 0 Å². The molecule has 0 saturated heterocycles. The van der Waals surface area contributed by atoms with Crippen molar-refractivity contribution in [1.82, 2.24) is 9.78 Å². The summed E-state index contributed by atoms with van der Waals surface area (Å²) in [4.78, 5) is 9.87. The van der Waals surface area contributed by atoms with Crippen molar-refractivity contribution in [2.75, 3.05) is 0 Å². The Morgan fingerprint density at radius 3 is 2.55 bits per heavy atom. The first kappa shape index (κ1) is 16.1. The summed E-state index contributed by atoms with van der Waals surface area (Å²) in [7, 11) is 0. The van der Waals surface area contributed by atoms with Gasteiger partial charge < -0.3 is 0 Å².